The van der Waals surface area contributed by atoms with Crippen molar-refractivity contribution >= 4 is 17.1 Å². The van der Waals surface area contributed by atoms with Gasteiger partial charge in [0.25, 0.3) is 5.69 Å². The van der Waals surface area contributed by atoms with Gasteiger partial charge in [0.05, 0.1) is 30.5 Å². The second kappa shape index (κ2) is 7.26. The van der Waals surface area contributed by atoms with Crippen LogP contribution in [0.1, 0.15) is 12.5 Å². The van der Waals surface area contributed by atoms with E-state index in [0.717, 1.165) is 11.3 Å². The highest BCUT2D eigenvalue weighted by Gasteiger charge is 2.07. The second-order valence-corrected chi connectivity index (χ2v) is 4.68. The van der Waals surface area contributed by atoms with Gasteiger partial charge in [-0.15, -0.1) is 0 Å². The number of nitro groups is 1. The molecule has 0 aliphatic carbocycles. The molecule has 0 atom stereocenters. The largest absolute Gasteiger partial charge is 0.493 e. The van der Waals surface area contributed by atoms with Gasteiger partial charge >= 0.3 is 0 Å². The van der Waals surface area contributed by atoms with Gasteiger partial charge < -0.3 is 9.47 Å². The highest BCUT2D eigenvalue weighted by Crippen LogP contribution is 2.27. The molecule has 0 aliphatic heterocycles. The maximum Gasteiger partial charge on any atom is 0.269 e. The van der Waals surface area contributed by atoms with E-state index in [1.807, 2.05) is 19.1 Å². The zero-order valence-corrected chi connectivity index (χ0v) is 13.1. The standard InChI is InChI=1S/C16H17N3O4/c1-11(12-4-9-15(22-2)16(10-12)23-3)17-18-13-5-7-14(8-6-13)19(20)21/h4-10,18H,1-3H3/b17-11+. The molecule has 7 nitrogen and oxygen atoms in total. The number of nitrogens with zero attached hydrogens (tertiary/aromatic N) is 2. The number of hydrogen-bond donors (Lipinski definition) is 1. The monoisotopic (exact) mass is 315 g/mol. The fourth-order valence-electron chi connectivity index (χ4n) is 1.93. The Morgan fingerprint density at radius 3 is 2.30 bits per heavy atom. The Kier molecular flexibility index (Phi) is 5.14. The normalized spacial score (nSPS) is 11.0. The zero-order valence-electron chi connectivity index (χ0n) is 13.1. The molecule has 120 valence electrons. The summed E-state index contributed by atoms with van der Waals surface area (Å²) in [6, 6.07) is 11.5. The first-order valence-corrected chi connectivity index (χ1v) is 6.82. The molecular formula is C16H17N3O4. The molecule has 0 saturated heterocycles. The minimum absolute atomic E-state index is 0.0381. The molecule has 1 N–H and O–H groups in total. The van der Waals surface area contributed by atoms with Crippen molar-refractivity contribution in [1.82, 2.24) is 0 Å². The second-order valence-electron chi connectivity index (χ2n) is 4.68. The number of hydrogen-bond acceptors (Lipinski definition) is 6. The summed E-state index contributed by atoms with van der Waals surface area (Å²) < 4.78 is 10.5. The molecule has 0 radical (unpaired) electrons. The van der Waals surface area contributed by atoms with Gasteiger partial charge in [-0.1, -0.05) is 0 Å². The Morgan fingerprint density at radius 2 is 1.74 bits per heavy atom. The van der Waals surface area contributed by atoms with E-state index < -0.39 is 4.92 Å². The number of benzene rings is 2. The van der Waals surface area contributed by atoms with E-state index >= 15 is 0 Å². The van der Waals surface area contributed by atoms with Crippen LogP contribution in [-0.2, 0) is 0 Å². The van der Waals surface area contributed by atoms with E-state index in [4.69, 9.17) is 9.47 Å². The topological polar surface area (TPSA) is 86.0 Å². The lowest BCUT2D eigenvalue weighted by Gasteiger charge is -2.09. The lowest BCUT2D eigenvalue weighted by molar-refractivity contribution is -0.384. The van der Waals surface area contributed by atoms with Gasteiger partial charge in [-0.3, -0.25) is 15.5 Å². The van der Waals surface area contributed by atoms with Crippen LogP contribution in [0.2, 0.25) is 0 Å². The number of nitro benzene ring substituents is 1. The van der Waals surface area contributed by atoms with Crippen molar-refractivity contribution in [2.75, 3.05) is 19.6 Å². The number of non-ortho nitro benzene ring substituents is 1. The summed E-state index contributed by atoms with van der Waals surface area (Å²) >= 11 is 0. The smallest absolute Gasteiger partial charge is 0.269 e. The number of hydrazone groups is 1. The Morgan fingerprint density at radius 1 is 1.09 bits per heavy atom. The van der Waals surface area contributed by atoms with Crippen molar-refractivity contribution in [3.8, 4) is 11.5 Å². The summed E-state index contributed by atoms with van der Waals surface area (Å²) in [5.74, 6) is 1.27. The lowest BCUT2D eigenvalue weighted by atomic mass is 10.1. The van der Waals surface area contributed by atoms with Crippen molar-refractivity contribution < 1.29 is 14.4 Å². The van der Waals surface area contributed by atoms with E-state index in [0.29, 0.717) is 17.2 Å². The molecule has 2 aromatic rings. The van der Waals surface area contributed by atoms with Crippen molar-refractivity contribution in [3.63, 3.8) is 0 Å². The maximum atomic E-state index is 10.6. The van der Waals surface area contributed by atoms with Crippen LogP contribution in [0.15, 0.2) is 47.6 Å². The van der Waals surface area contributed by atoms with Crippen LogP contribution < -0.4 is 14.9 Å². The molecule has 0 saturated carbocycles. The summed E-state index contributed by atoms with van der Waals surface area (Å²) in [6.07, 6.45) is 0. The first-order valence-electron chi connectivity index (χ1n) is 6.82. The molecule has 0 aromatic heterocycles. The van der Waals surface area contributed by atoms with Crippen molar-refractivity contribution in [2.45, 2.75) is 6.92 Å². The molecule has 0 spiro atoms. The van der Waals surface area contributed by atoms with E-state index in [2.05, 4.69) is 10.5 Å². The average molecular weight is 315 g/mol. The van der Waals surface area contributed by atoms with Crippen molar-refractivity contribution in [3.05, 3.63) is 58.1 Å². The van der Waals surface area contributed by atoms with Gasteiger partial charge in [-0.25, -0.2) is 0 Å². The van der Waals surface area contributed by atoms with Gasteiger partial charge in [-0.05, 0) is 37.3 Å². The highest BCUT2D eigenvalue weighted by atomic mass is 16.6. The lowest BCUT2D eigenvalue weighted by Crippen LogP contribution is -2.01. The number of methoxy groups -OCH3 is 2. The summed E-state index contributed by atoms with van der Waals surface area (Å²) in [7, 11) is 3.15. The van der Waals surface area contributed by atoms with Crippen LogP contribution >= 0.6 is 0 Å². The Labute approximate surface area is 133 Å². The third-order valence-corrected chi connectivity index (χ3v) is 3.23. The molecule has 0 bridgehead atoms. The van der Waals surface area contributed by atoms with Crippen molar-refractivity contribution in [1.29, 1.82) is 0 Å². The van der Waals surface area contributed by atoms with Crippen LogP contribution in [0.25, 0.3) is 0 Å². The van der Waals surface area contributed by atoms with Gasteiger partial charge in [0.1, 0.15) is 0 Å². The molecule has 7 heteroatoms. The van der Waals surface area contributed by atoms with Crippen LogP contribution in [0.4, 0.5) is 11.4 Å². The van der Waals surface area contributed by atoms with Gasteiger partial charge in [0, 0.05) is 17.7 Å². The molecule has 23 heavy (non-hydrogen) atoms. The SMILES string of the molecule is COc1ccc(/C(C)=N/Nc2ccc([N+](=O)[O-])cc2)cc1OC. The number of nitrogens with one attached hydrogen (secondary N) is 1. The molecule has 2 rings (SSSR count). The van der Waals surface area contributed by atoms with Crippen LogP contribution in [-0.4, -0.2) is 24.9 Å². The molecule has 0 fully saturated rings. The van der Waals surface area contributed by atoms with Gasteiger partial charge in [-0.2, -0.15) is 5.10 Å². The van der Waals surface area contributed by atoms with Crippen LogP contribution in [0, 0.1) is 10.1 Å². The minimum Gasteiger partial charge on any atom is -0.493 e. The predicted molar refractivity (Wildman–Crippen MR) is 88.5 cm³/mol. The van der Waals surface area contributed by atoms with Crippen LogP contribution in [0.3, 0.4) is 0 Å². The summed E-state index contributed by atoms with van der Waals surface area (Å²) in [5, 5.41) is 14.9. The Balaban J connectivity index is 2.14. The molecule has 0 amide bonds. The fraction of sp³-hybridized carbons (Fsp3) is 0.188. The summed E-state index contributed by atoms with van der Waals surface area (Å²) in [4.78, 5) is 10.2. The van der Waals surface area contributed by atoms with Gasteiger partial charge in [0.15, 0.2) is 11.5 Å². The number of ether oxygens (including phenoxy) is 2. The van der Waals surface area contributed by atoms with Crippen molar-refractivity contribution in [2.24, 2.45) is 5.10 Å². The number of rotatable bonds is 6. The molecular weight excluding hydrogens is 298 g/mol. The quantitative estimate of drug-likeness (QED) is 0.501. The first kappa shape index (κ1) is 16.3. The third-order valence-electron chi connectivity index (χ3n) is 3.23. The van der Waals surface area contributed by atoms with Crippen LogP contribution in [0.5, 0.6) is 11.5 Å². The fourth-order valence-corrected chi connectivity index (χ4v) is 1.93. The van der Waals surface area contributed by atoms with E-state index in [1.165, 1.54) is 12.1 Å². The minimum atomic E-state index is -0.443. The summed E-state index contributed by atoms with van der Waals surface area (Å²) in [6.45, 7) is 1.85. The number of anilines is 1. The predicted octanol–water partition coefficient (Wildman–Crippen LogP) is 3.45. The maximum absolute atomic E-state index is 10.6. The van der Waals surface area contributed by atoms with Gasteiger partial charge in [0.2, 0.25) is 0 Å². The Bertz CT molecular complexity index is 727. The average Bonchev–Trinajstić information content (AvgIpc) is 2.59. The third kappa shape index (κ3) is 3.97. The van der Waals surface area contributed by atoms with E-state index in [1.54, 1.807) is 32.4 Å². The van der Waals surface area contributed by atoms with E-state index in [-0.39, 0.29) is 5.69 Å². The van der Waals surface area contributed by atoms with E-state index in [9.17, 15) is 10.1 Å². The zero-order chi connectivity index (χ0) is 16.8. The molecule has 0 heterocycles. The Hall–Kier alpha value is -3.09. The molecule has 0 aliphatic rings. The summed E-state index contributed by atoms with van der Waals surface area (Å²) in [5.41, 5.74) is 5.18. The highest BCUT2D eigenvalue weighted by molar-refractivity contribution is 5.99. The first-order chi connectivity index (χ1) is 11.0. The molecule has 2 aromatic carbocycles. The molecule has 0 unspecified atom stereocenters.